The molecular formula is C23H22N4O5. The monoisotopic (exact) mass is 434 g/mol. The number of methoxy groups -OCH3 is 2. The van der Waals surface area contributed by atoms with Gasteiger partial charge in [-0.2, -0.15) is 0 Å². The quantitative estimate of drug-likeness (QED) is 0.412. The summed E-state index contributed by atoms with van der Waals surface area (Å²) >= 11 is 0. The molecule has 0 atom stereocenters. The molecule has 0 saturated carbocycles. The van der Waals surface area contributed by atoms with Crippen LogP contribution in [0.4, 0.5) is 0 Å². The van der Waals surface area contributed by atoms with Gasteiger partial charge >= 0.3 is 11.7 Å². The summed E-state index contributed by atoms with van der Waals surface area (Å²) in [5.41, 5.74) is 1.59. The number of carbonyl (C=O) groups excluding carboxylic acids is 1. The van der Waals surface area contributed by atoms with Gasteiger partial charge in [0, 0.05) is 13.7 Å². The number of nitrogens with zero attached hydrogens (tertiary/aromatic N) is 4. The molecule has 0 N–H and O–H groups in total. The third kappa shape index (κ3) is 3.85. The van der Waals surface area contributed by atoms with Crippen LogP contribution in [0, 0.1) is 0 Å². The van der Waals surface area contributed by atoms with Crippen LogP contribution < -0.4 is 11.2 Å². The van der Waals surface area contributed by atoms with Crippen molar-refractivity contribution in [3.63, 3.8) is 0 Å². The van der Waals surface area contributed by atoms with Crippen LogP contribution in [0.2, 0.25) is 0 Å². The van der Waals surface area contributed by atoms with Crippen molar-refractivity contribution >= 4 is 17.1 Å². The normalized spacial score (nSPS) is 11.1. The highest BCUT2D eigenvalue weighted by Gasteiger charge is 2.19. The predicted octanol–water partition coefficient (Wildman–Crippen LogP) is 1.83. The standard InChI is InChI=1S/C23H22N4O5/c1-31-13-12-26-21(28)19-20(27(23(26)30)18-6-4-3-5-7-18)24-15-25(19)14-16-8-10-17(11-9-16)22(29)32-2/h3-11,15H,12-14H2,1-2H3. The molecule has 0 fully saturated rings. The summed E-state index contributed by atoms with van der Waals surface area (Å²) in [6.45, 7) is 0.680. The minimum Gasteiger partial charge on any atom is -0.465 e. The average Bonchev–Trinajstić information content (AvgIpc) is 3.23. The largest absolute Gasteiger partial charge is 0.465 e. The number of ether oxygens (including phenoxy) is 2. The van der Waals surface area contributed by atoms with Crippen LogP contribution in [0.15, 0.2) is 70.5 Å². The first kappa shape index (κ1) is 21.3. The van der Waals surface area contributed by atoms with Gasteiger partial charge in [0.1, 0.15) is 0 Å². The van der Waals surface area contributed by atoms with Crippen molar-refractivity contribution in [2.45, 2.75) is 13.1 Å². The molecule has 0 radical (unpaired) electrons. The van der Waals surface area contributed by atoms with Gasteiger partial charge in [-0.05, 0) is 29.8 Å². The minimum absolute atomic E-state index is 0.121. The Morgan fingerprint density at radius 3 is 2.38 bits per heavy atom. The van der Waals surface area contributed by atoms with Gasteiger partial charge in [0.15, 0.2) is 11.2 Å². The molecule has 0 bridgehead atoms. The third-order valence-corrected chi connectivity index (χ3v) is 5.16. The van der Waals surface area contributed by atoms with E-state index in [1.807, 2.05) is 18.2 Å². The molecule has 164 valence electrons. The molecule has 4 aromatic rings. The summed E-state index contributed by atoms with van der Waals surface area (Å²) in [5, 5.41) is 0. The lowest BCUT2D eigenvalue weighted by Gasteiger charge is -2.12. The highest BCUT2D eigenvalue weighted by atomic mass is 16.5. The van der Waals surface area contributed by atoms with Gasteiger partial charge in [-0.25, -0.2) is 19.1 Å². The van der Waals surface area contributed by atoms with Gasteiger partial charge in [0.25, 0.3) is 5.56 Å². The Labute approximate surface area is 183 Å². The van der Waals surface area contributed by atoms with Gasteiger partial charge in [-0.3, -0.25) is 9.36 Å². The number of esters is 1. The Bertz CT molecular complexity index is 1370. The first-order chi connectivity index (χ1) is 15.5. The summed E-state index contributed by atoms with van der Waals surface area (Å²) in [4.78, 5) is 42.5. The van der Waals surface area contributed by atoms with E-state index in [4.69, 9.17) is 9.47 Å². The Morgan fingerprint density at radius 1 is 1.00 bits per heavy atom. The minimum atomic E-state index is -0.474. The van der Waals surface area contributed by atoms with Crippen LogP contribution >= 0.6 is 0 Å². The molecular weight excluding hydrogens is 412 g/mol. The van der Waals surface area contributed by atoms with Crippen molar-refractivity contribution < 1.29 is 14.3 Å². The van der Waals surface area contributed by atoms with E-state index >= 15 is 0 Å². The van der Waals surface area contributed by atoms with E-state index in [9.17, 15) is 14.4 Å². The zero-order chi connectivity index (χ0) is 22.7. The summed E-state index contributed by atoms with van der Waals surface area (Å²) in [5.74, 6) is -0.419. The summed E-state index contributed by atoms with van der Waals surface area (Å²) in [6, 6.07) is 16.0. The molecule has 2 aromatic heterocycles. The average molecular weight is 434 g/mol. The number of hydrogen-bond donors (Lipinski definition) is 0. The molecule has 9 heteroatoms. The molecule has 0 spiro atoms. The zero-order valence-electron chi connectivity index (χ0n) is 17.7. The number of rotatable bonds is 7. The molecule has 0 aliphatic rings. The van der Waals surface area contributed by atoms with E-state index < -0.39 is 17.2 Å². The van der Waals surface area contributed by atoms with Crippen molar-refractivity contribution in [3.05, 3.63) is 92.9 Å². The number of imidazole rings is 1. The number of benzene rings is 2. The van der Waals surface area contributed by atoms with Crippen molar-refractivity contribution in [2.24, 2.45) is 0 Å². The fraction of sp³-hybridized carbons (Fsp3) is 0.217. The van der Waals surface area contributed by atoms with Crippen molar-refractivity contribution in [1.82, 2.24) is 18.7 Å². The molecule has 32 heavy (non-hydrogen) atoms. The molecule has 0 unspecified atom stereocenters. The predicted molar refractivity (Wildman–Crippen MR) is 118 cm³/mol. The molecule has 2 heterocycles. The van der Waals surface area contributed by atoms with E-state index in [2.05, 4.69) is 4.98 Å². The number of fused-ring (bicyclic) bond motifs is 1. The van der Waals surface area contributed by atoms with Crippen molar-refractivity contribution in [3.8, 4) is 5.69 Å². The lowest BCUT2D eigenvalue weighted by molar-refractivity contribution is 0.0600. The van der Waals surface area contributed by atoms with Gasteiger partial charge in [0.05, 0.1) is 37.8 Å². The fourth-order valence-corrected chi connectivity index (χ4v) is 3.55. The molecule has 9 nitrogen and oxygen atoms in total. The summed E-state index contributed by atoms with van der Waals surface area (Å²) < 4.78 is 14.1. The van der Waals surface area contributed by atoms with Gasteiger partial charge in [-0.15, -0.1) is 0 Å². The van der Waals surface area contributed by atoms with Gasteiger partial charge in [-0.1, -0.05) is 30.3 Å². The van der Waals surface area contributed by atoms with Crippen LogP contribution in [0.5, 0.6) is 0 Å². The first-order valence-electron chi connectivity index (χ1n) is 9.97. The second-order valence-corrected chi connectivity index (χ2v) is 7.14. The molecule has 0 amide bonds. The van der Waals surface area contributed by atoms with Crippen LogP contribution in [0.1, 0.15) is 15.9 Å². The first-order valence-corrected chi connectivity index (χ1v) is 9.97. The van der Waals surface area contributed by atoms with E-state index in [1.165, 1.54) is 18.8 Å². The smallest absolute Gasteiger partial charge is 0.337 e. The maximum atomic E-state index is 13.3. The summed E-state index contributed by atoms with van der Waals surface area (Å²) in [6.07, 6.45) is 1.54. The maximum absolute atomic E-state index is 13.3. The van der Waals surface area contributed by atoms with Crippen molar-refractivity contribution in [2.75, 3.05) is 20.8 Å². The Balaban J connectivity index is 1.86. The number of aromatic nitrogens is 4. The zero-order valence-corrected chi connectivity index (χ0v) is 17.7. The van der Waals surface area contributed by atoms with Gasteiger partial charge in [0.2, 0.25) is 0 Å². The summed E-state index contributed by atoms with van der Waals surface area (Å²) in [7, 11) is 2.84. The van der Waals surface area contributed by atoms with Gasteiger partial charge < -0.3 is 14.0 Å². The molecule has 0 saturated heterocycles. The molecule has 2 aromatic carbocycles. The van der Waals surface area contributed by atoms with Crippen molar-refractivity contribution in [1.29, 1.82) is 0 Å². The second kappa shape index (κ2) is 9.03. The highest BCUT2D eigenvalue weighted by Crippen LogP contribution is 2.15. The van der Waals surface area contributed by atoms with E-state index in [0.29, 0.717) is 23.3 Å². The third-order valence-electron chi connectivity index (χ3n) is 5.16. The Morgan fingerprint density at radius 2 is 1.72 bits per heavy atom. The topological polar surface area (TPSA) is 97.3 Å². The Kier molecular flexibility index (Phi) is 6.00. The van der Waals surface area contributed by atoms with Crippen LogP contribution in [-0.2, 0) is 22.6 Å². The van der Waals surface area contributed by atoms with Crippen LogP contribution in [-0.4, -0.2) is 45.5 Å². The lowest BCUT2D eigenvalue weighted by Crippen LogP contribution is -2.41. The van der Waals surface area contributed by atoms with E-state index in [0.717, 1.165) is 10.1 Å². The molecule has 0 aliphatic heterocycles. The lowest BCUT2D eigenvalue weighted by atomic mass is 10.1. The van der Waals surface area contributed by atoms with Crippen LogP contribution in [0.25, 0.3) is 16.9 Å². The number of hydrogen-bond acceptors (Lipinski definition) is 6. The van der Waals surface area contributed by atoms with E-state index in [1.54, 1.807) is 47.3 Å². The number of carbonyl (C=O) groups is 1. The van der Waals surface area contributed by atoms with E-state index in [-0.39, 0.29) is 18.8 Å². The highest BCUT2D eigenvalue weighted by molar-refractivity contribution is 5.89. The SMILES string of the molecule is COCCn1c(=O)c2c(ncn2Cc2ccc(C(=O)OC)cc2)n(-c2ccccc2)c1=O. The number of para-hydroxylation sites is 1. The fourth-order valence-electron chi connectivity index (χ4n) is 3.55. The molecule has 0 aliphatic carbocycles. The maximum Gasteiger partial charge on any atom is 0.337 e. The molecule has 4 rings (SSSR count). The Hall–Kier alpha value is -3.98. The second-order valence-electron chi connectivity index (χ2n) is 7.14. The van der Waals surface area contributed by atoms with Crippen LogP contribution in [0.3, 0.4) is 0 Å².